The van der Waals surface area contributed by atoms with Crippen LogP contribution in [0.25, 0.3) is 0 Å². The number of benzene rings is 2. The zero-order chi connectivity index (χ0) is 24.8. The molecule has 6 nitrogen and oxygen atoms in total. The number of pyridine rings is 1. The number of rotatable bonds is 7. The molecule has 0 saturated heterocycles. The maximum absolute atomic E-state index is 13.8. The van der Waals surface area contributed by atoms with Crippen molar-refractivity contribution in [2.24, 2.45) is 0 Å². The largest absolute Gasteiger partial charge is 0.351 e. The van der Waals surface area contributed by atoms with E-state index in [0.29, 0.717) is 21.8 Å². The molecule has 0 spiro atoms. The van der Waals surface area contributed by atoms with Gasteiger partial charge in [0, 0.05) is 28.5 Å². The Balaban J connectivity index is 1.80. The van der Waals surface area contributed by atoms with Crippen LogP contribution in [0.4, 0.5) is 5.69 Å². The molecule has 2 aromatic carbocycles. The lowest BCUT2D eigenvalue weighted by Crippen LogP contribution is -2.47. The Morgan fingerprint density at radius 3 is 2.23 bits per heavy atom. The van der Waals surface area contributed by atoms with Crippen LogP contribution in [0.3, 0.4) is 0 Å². The summed E-state index contributed by atoms with van der Waals surface area (Å²) >= 11 is 6.13. The monoisotopic (exact) mass is 489 g/mol. The zero-order valence-electron chi connectivity index (χ0n) is 19.6. The normalized spacial score (nSPS) is 14.7. The van der Waals surface area contributed by atoms with Gasteiger partial charge in [0.15, 0.2) is 5.78 Å². The van der Waals surface area contributed by atoms with Crippen LogP contribution in [0.2, 0.25) is 5.02 Å². The van der Waals surface area contributed by atoms with Crippen LogP contribution in [0.1, 0.15) is 71.5 Å². The number of halogens is 1. The first-order valence-corrected chi connectivity index (χ1v) is 12.2. The van der Waals surface area contributed by atoms with Crippen LogP contribution in [-0.4, -0.2) is 28.6 Å². The molecule has 1 aliphatic rings. The van der Waals surface area contributed by atoms with Crippen molar-refractivity contribution < 1.29 is 14.4 Å². The van der Waals surface area contributed by atoms with Gasteiger partial charge in [-0.1, -0.05) is 49.1 Å². The highest BCUT2D eigenvalue weighted by molar-refractivity contribution is 6.30. The number of hydrogen-bond donors (Lipinski definition) is 1. The fourth-order valence-corrected chi connectivity index (χ4v) is 4.57. The van der Waals surface area contributed by atoms with Gasteiger partial charge < -0.3 is 5.32 Å². The second-order valence-electron chi connectivity index (χ2n) is 8.79. The lowest BCUT2D eigenvalue weighted by molar-refractivity contribution is -0.123. The number of anilines is 1. The number of Topliss-reactive ketones (excluding diaryl/α,β-unsaturated/α-hetero) is 1. The third kappa shape index (κ3) is 5.95. The molecule has 1 aliphatic carbocycles. The van der Waals surface area contributed by atoms with Crippen molar-refractivity contribution in [2.75, 3.05) is 4.90 Å². The molecule has 2 amide bonds. The van der Waals surface area contributed by atoms with Crippen LogP contribution in [0.5, 0.6) is 0 Å². The van der Waals surface area contributed by atoms with Crippen molar-refractivity contribution in [3.05, 3.63) is 94.8 Å². The average molecular weight is 490 g/mol. The molecule has 0 bridgehead atoms. The van der Waals surface area contributed by atoms with Crippen molar-refractivity contribution >= 4 is 34.9 Å². The van der Waals surface area contributed by atoms with E-state index in [1.165, 1.54) is 18.2 Å². The minimum absolute atomic E-state index is 0.0675. The molecule has 7 heteroatoms. The molecule has 1 heterocycles. The van der Waals surface area contributed by atoms with Crippen molar-refractivity contribution in [1.82, 2.24) is 10.3 Å². The van der Waals surface area contributed by atoms with Gasteiger partial charge in [0.05, 0.1) is 0 Å². The van der Waals surface area contributed by atoms with Crippen LogP contribution in [0.15, 0.2) is 72.9 Å². The first-order chi connectivity index (χ1) is 16.9. The predicted octanol–water partition coefficient (Wildman–Crippen LogP) is 5.77. The molecule has 35 heavy (non-hydrogen) atoms. The standard InChI is InChI=1S/C28H28ClN3O3/c1-19(33)20-12-16-24(17-13-20)32(28(35)25-9-5-6-18-30-25)26(21-10-14-22(29)15-11-21)27(34)31-23-7-3-2-4-8-23/h5-6,9-18,23,26H,2-4,7-8H2,1H3,(H,31,34)/t26-/m1/s1. The maximum Gasteiger partial charge on any atom is 0.277 e. The van der Waals surface area contributed by atoms with E-state index in [2.05, 4.69) is 10.3 Å². The van der Waals surface area contributed by atoms with Gasteiger partial charge in [0.1, 0.15) is 11.7 Å². The maximum atomic E-state index is 13.8. The van der Waals surface area contributed by atoms with Crippen LogP contribution < -0.4 is 10.2 Å². The Morgan fingerprint density at radius 2 is 1.63 bits per heavy atom. The minimum atomic E-state index is -0.952. The molecular weight excluding hydrogens is 462 g/mol. The Kier molecular flexibility index (Phi) is 7.93. The lowest BCUT2D eigenvalue weighted by Gasteiger charge is -2.33. The van der Waals surface area contributed by atoms with Gasteiger partial charge >= 0.3 is 0 Å². The number of ketones is 1. The summed E-state index contributed by atoms with van der Waals surface area (Å²) in [6.07, 6.45) is 6.68. The molecule has 0 unspecified atom stereocenters. The van der Waals surface area contributed by atoms with Gasteiger partial charge in [-0.15, -0.1) is 0 Å². The fourth-order valence-electron chi connectivity index (χ4n) is 4.44. The highest BCUT2D eigenvalue weighted by Gasteiger charge is 2.35. The average Bonchev–Trinajstić information content (AvgIpc) is 2.88. The first kappa shape index (κ1) is 24.6. The SMILES string of the molecule is CC(=O)c1ccc(N(C(=O)c2ccccn2)[C@@H](C(=O)NC2CCCCC2)c2ccc(Cl)cc2)cc1. The fraction of sp³-hybridized carbons (Fsp3) is 0.286. The second kappa shape index (κ2) is 11.3. The number of amides is 2. The smallest absolute Gasteiger partial charge is 0.277 e. The second-order valence-corrected chi connectivity index (χ2v) is 9.23. The molecule has 1 N–H and O–H groups in total. The Labute approximate surface area is 210 Å². The van der Waals surface area contributed by atoms with Gasteiger partial charge in [-0.2, -0.15) is 0 Å². The first-order valence-electron chi connectivity index (χ1n) is 11.9. The number of nitrogens with zero attached hydrogens (tertiary/aromatic N) is 2. The zero-order valence-corrected chi connectivity index (χ0v) is 20.4. The summed E-state index contributed by atoms with van der Waals surface area (Å²) in [7, 11) is 0. The summed E-state index contributed by atoms with van der Waals surface area (Å²) in [4.78, 5) is 45.2. The summed E-state index contributed by atoms with van der Waals surface area (Å²) in [5.41, 5.74) is 1.85. The van der Waals surface area contributed by atoms with Gasteiger partial charge in [-0.05, 0) is 73.9 Å². The number of carbonyl (C=O) groups is 3. The molecular formula is C28H28ClN3O3. The highest BCUT2D eigenvalue weighted by Crippen LogP contribution is 2.31. The third-order valence-electron chi connectivity index (χ3n) is 6.30. The Morgan fingerprint density at radius 1 is 0.943 bits per heavy atom. The molecule has 0 radical (unpaired) electrons. The summed E-state index contributed by atoms with van der Waals surface area (Å²) < 4.78 is 0. The van der Waals surface area contributed by atoms with E-state index in [0.717, 1.165) is 25.7 Å². The van der Waals surface area contributed by atoms with Crippen LogP contribution >= 0.6 is 11.6 Å². The molecule has 180 valence electrons. The van der Waals surface area contributed by atoms with E-state index < -0.39 is 11.9 Å². The van der Waals surface area contributed by atoms with E-state index in [-0.39, 0.29) is 23.4 Å². The van der Waals surface area contributed by atoms with E-state index >= 15 is 0 Å². The van der Waals surface area contributed by atoms with Gasteiger partial charge in [0.25, 0.3) is 5.91 Å². The number of hydrogen-bond acceptors (Lipinski definition) is 4. The van der Waals surface area contributed by atoms with Crippen molar-refractivity contribution in [1.29, 1.82) is 0 Å². The molecule has 1 saturated carbocycles. The quantitative estimate of drug-likeness (QED) is 0.427. The van der Waals surface area contributed by atoms with Crippen LogP contribution in [0, 0.1) is 0 Å². The highest BCUT2D eigenvalue weighted by atomic mass is 35.5. The van der Waals surface area contributed by atoms with E-state index in [1.54, 1.807) is 72.9 Å². The summed E-state index contributed by atoms with van der Waals surface area (Å²) in [5, 5.41) is 3.71. The van der Waals surface area contributed by atoms with E-state index in [4.69, 9.17) is 11.6 Å². The summed E-state index contributed by atoms with van der Waals surface area (Å²) in [6, 6.07) is 17.8. The topological polar surface area (TPSA) is 79.4 Å². The van der Waals surface area contributed by atoms with E-state index in [9.17, 15) is 14.4 Å². The third-order valence-corrected chi connectivity index (χ3v) is 6.55. The predicted molar refractivity (Wildman–Crippen MR) is 137 cm³/mol. The number of carbonyl (C=O) groups excluding carboxylic acids is 3. The van der Waals surface area contributed by atoms with Crippen molar-refractivity contribution in [2.45, 2.75) is 51.1 Å². The van der Waals surface area contributed by atoms with Gasteiger partial charge in [-0.25, -0.2) is 0 Å². The van der Waals surface area contributed by atoms with Crippen molar-refractivity contribution in [3.8, 4) is 0 Å². The van der Waals surface area contributed by atoms with Gasteiger partial charge in [0.2, 0.25) is 5.91 Å². The lowest BCUT2D eigenvalue weighted by atomic mass is 9.94. The Hall–Kier alpha value is -3.51. The summed E-state index contributed by atoms with van der Waals surface area (Å²) in [6.45, 7) is 1.49. The minimum Gasteiger partial charge on any atom is -0.351 e. The van der Waals surface area contributed by atoms with Gasteiger partial charge in [-0.3, -0.25) is 24.3 Å². The molecule has 1 fully saturated rings. The molecule has 0 aliphatic heterocycles. The Bertz CT molecular complexity index is 1170. The number of nitrogens with one attached hydrogen (secondary N) is 1. The molecule has 1 aromatic heterocycles. The van der Waals surface area contributed by atoms with Crippen molar-refractivity contribution in [3.63, 3.8) is 0 Å². The number of aromatic nitrogens is 1. The molecule has 1 atom stereocenters. The summed E-state index contributed by atoms with van der Waals surface area (Å²) in [5.74, 6) is -0.762. The van der Waals surface area contributed by atoms with E-state index in [1.807, 2.05) is 0 Å². The molecule has 3 aromatic rings. The molecule has 4 rings (SSSR count). The van der Waals surface area contributed by atoms with Crippen LogP contribution in [-0.2, 0) is 4.79 Å².